The normalized spacial score (nSPS) is 11.6. The number of anilines is 1. The first-order valence-electron chi connectivity index (χ1n) is 10.0. The number of aryl methyl sites for hydroxylation is 3. The number of carbonyl (C=O) groups excluding carboxylic acids is 1. The maximum atomic E-state index is 13.4. The average molecular weight is 526 g/mol. The third-order valence-corrected chi connectivity index (χ3v) is 7.85. The summed E-state index contributed by atoms with van der Waals surface area (Å²) in [5, 5.41) is 3.93. The van der Waals surface area contributed by atoms with Crippen molar-refractivity contribution in [1.82, 2.24) is 4.31 Å². The quantitative estimate of drug-likeness (QED) is 0.388. The summed E-state index contributed by atoms with van der Waals surface area (Å²) < 4.78 is 27.9. The number of hydrogen-bond donors (Lipinski definition) is 1. The number of carbonyl (C=O) groups is 1. The summed E-state index contributed by atoms with van der Waals surface area (Å²) in [7, 11) is -4.02. The molecular formula is C24H23Cl3N2O3S. The number of nitrogens with zero attached hydrogens (tertiary/aromatic N) is 1. The van der Waals surface area contributed by atoms with Crippen LogP contribution in [0.3, 0.4) is 0 Å². The predicted molar refractivity (Wildman–Crippen MR) is 135 cm³/mol. The molecule has 0 unspecified atom stereocenters. The van der Waals surface area contributed by atoms with Crippen molar-refractivity contribution in [2.24, 2.45) is 0 Å². The predicted octanol–water partition coefficient (Wildman–Crippen LogP) is 6.40. The molecule has 0 aliphatic heterocycles. The molecule has 0 aliphatic rings. The molecule has 3 rings (SSSR count). The zero-order valence-electron chi connectivity index (χ0n) is 18.3. The number of benzene rings is 3. The topological polar surface area (TPSA) is 66.5 Å². The van der Waals surface area contributed by atoms with E-state index >= 15 is 0 Å². The molecule has 1 N–H and O–H groups in total. The molecule has 0 saturated carbocycles. The molecule has 0 aliphatic carbocycles. The highest BCUT2D eigenvalue weighted by Gasteiger charge is 2.27. The van der Waals surface area contributed by atoms with Crippen LogP contribution in [0.15, 0.2) is 59.5 Å². The number of nitrogens with one attached hydrogen (secondary N) is 1. The van der Waals surface area contributed by atoms with Crippen molar-refractivity contribution in [3.63, 3.8) is 0 Å². The van der Waals surface area contributed by atoms with Crippen LogP contribution in [0, 0.1) is 20.8 Å². The van der Waals surface area contributed by atoms with E-state index in [2.05, 4.69) is 5.32 Å². The Bertz CT molecular complexity index is 1270. The van der Waals surface area contributed by atoms with Gasteiger partial charge in [-0.2, -0.15) is 4.31 Å². The van der Waals surface area contributed by atoms with E-state index in [0.717, 1.165) is 21.0 Å². The summed E-state index contributed by atoms with van der Waals surface area (Å²) in [6.45, 7) is 5.31. The van der Waals surface area contributed by atoms with Crippen LogP contribution in [0.25, 0.3) is 0 Å². The monoisotopic (exact) mass is 524 g/mol. The van der Waals surface area contributed by atoms with Crippen LogP contribution in [0.2, 0.25) is 15.1 Å². The summed E-state index contributed by atoms with van der Waals surface area (Å²) in [6.07, 6.45) is 0. The van der Waals surface area contributed by atoms with E-state index in [1.54, 1.807) is 18.2 Å². The Balaban J connectivity index is 1.93. The zero-order valence-corrected chi connectivity index (χ0v) is 21.4. The molecule has 5 nitrogen and oxygen atoms in total. The minimum atomic E-state index is -4.02. The van der Waals surface area contributed by atoms with Gasteiger partial charge >= 0.3 is 0 Å². The molecule has 33 heavy (non-hydrogen) atoms. The number of sulfonamides is 1. The van der Waals surface area contributed by atoms with E-state index in [0.29, 0.717) is 26.3 Å². The van der Waals surface area contributed by atoms with Crippen molar-refractivity contribution in [1.29, 1.82) is 0 Å². The highest BCUT2D eigenvalue weighted by molar-refractivity contribution is 7.89. The van der Waals surface area contributed by atoms with E-state index in [-0.39, 0.29) is 11.4 Å². The molecule has 9 heteroatoms. The van der Waals surface area contributed by atoms with Gasteiger partial charge in [0.15, 0.2) is 0 Å². The first kappa shape index (κ1) is 25.5. The Morgan fingerprint density at radius 3 is 2.06 bits per heavy atom. The summed E-state index contributed by atoms with van der Waals surface area (Å²) in [4.78, 5) is 13.0. The molecule has 0 bridgehead atoms. The first-order chi connectivity index (χ1) is 15.5. The fraction of sp³-hybridized carbons (Fsp3) is 0.208. The summed E-state index contributed by atoms with van der Waals surface area (Å²) in [6, 6.07) is 14.6. The van der Waals surface area contributed by atoms with Crippen molar-refractivity contribution >= 4 is 56.4 Å². The minimum absolute atomic E-state index is 0.0301. The number of amides is 1. The van der Waals surface area contributed by atoms with Gasteiger partial charge in [-0.05, 0) is 73.9 Å². The molecule has 0 saturated heterocycles. The largest absolute Gasteiger partial charge is 0.324 e. The Morgan fingerprint density at radius 2 is 1.48 bits per heavy atom. The zero-order chi connectivity index (χ0) is 24.3. The second-order valence-corrected chi connectivity index (χ2v) is 11.0. The van der Waals surface area contributed by atoms with Crippen molar-refractivity contribution in [3.05, 3.63) is 91.9 Å². The minimum Gasteiger partial charge on any atom is -0.324 e. The fourth-order valence-electron chi connectivity index (χ4n) is 3.54. The van der Waals surface area contributed by atoms with Crippen molar-refractivity contribution in [3.8, 4) is 0 Å². The van der Waals surface area contributed by atoms with Gasteiger partial charge in [0.25, 0.3) is 0 Å². The van der Waals surface area contributed by atoms with E-state index in [1.807, 2.05) is 32.9 Å². The highest BCUT2D eigenvalue weighted by Crippen LogP contribution is 2.26. The maximum absolute atomic E-state index is 13.4. The smallest absolute Gasteiger partial charge is 0.243 e. The van der Waals surface area contributed by atoms with Gasteiger partial charge in [-0.15, -0.1) is 0 Å². The van der Waals surface area contributed by atoms with Gasteiger partial charge in [-0.25, -0.2) is 8.42 Å². The van der Waals surface area contributed by atoms with E-state index in [4.69, 9.17) is 34.8 Å². The summed E-state index contributed by atoms with van der Waals surface area (Å²) in [5.41, 5.74) is 4.14. The van der Waals surface area contributed by atoms with Gasteiger partial charge in [0, 0.05) is 17.3 Å². The van der Waals surface area contributed by atoms with E-state index < -0.39 is 22.5 Å². The summed E-state index contributed by atoms with van der Waals surface area (Å²) in [5.74, 6) is -0.456. The standard InChI is InChI=1S/C24H23Cl3N2O3S/c1-15-10-16(2)24(17(3)11-15)28-23(30)14-29(13-18-4-9-21(26)22(27)12-18)33(31,32)20-7-5-19(25)6-8-20/h4-12H,13-14H2,1-3H3,(H,28,30). The molecule has 0 heterocycles. The fourth-order valence-corrected chi connectivity index (χ4v) is 5.37. The molecule has 0 fully saturated rings. The van der Waals surface area contributed by atoms with E-state index in [1.165, 1.54) is 24.3 Å². The third-order valence-electron chi connectivity index (χ3n) is 5.06. The van der Waals surface area contributed by atoms with Crippen LogP contribution in [0.5, 0.6) is 0 Å². The average Bonchev–Trinajstić information content (AvgIpc) is 2.73. The van der Waals surface area contributed by atoms with Gasteiger partial charge in [0.05, 0.1) is 21.5 Å². The molecule has 174 valence electrons. The van der Waals surface area contributed by atoms with Crippen molar-refractivity contribution < 1.29 is 13.2 Å². The van der Waals surface area contributed by atoms with Crippen molar-refractivity contribution in [2.75, 3.05) is 11.9 Å². The van der Waals surface area contributed by atoms with Crippen LogP contribution in [0.4, 0.5) is 5.69 Å². The first-order valence-corrected chi connectivity index (χ1v) is 12.6. The lowest BCUT2D eigenvalue weighted by Crippen LogP contribution is -2.37. The SMILES string of the molecule is Cc1cc(C)c(NC(=O)CN(Cc2ccc(Cl)c(Cl)c2)S(=O)(=O)c2ccc(Cl)cc2)c(C)c1. The van der Waals surface area contributed by atoms with Crippen LogP contribution >= 0.6 is 34.8 Å². The highest BCUT2D eigenvalue weighted by atomic mass is 35.5. The van der Waals surface area contributed by atoms with Crippen LogP contribution in [-0.2, 0) is 21.4 Å². The van der Waals surface area contributed by atoms with Crippen LogP contribution < -0.4 is 5.32 Å². The Labute approximate surface area is 209 Å². The Kier molecular flexibility index (Phi) is 8.08. The molecule has 3 aromatic carbocycles. The number of hydrogen-bond acceptors (Lipinski definition) is 3. The lowest BCUT2D eigenvalue weighted by molar-refractivity contribution is -0.116. The lowest BCUT2D eigenvalue weighted by atomic mass is 10.1. The maximum Gasteiger partial charge on any atom is 0.243 e. The van der Waals surface area contributed by atoms with Gasteiger partial charge in [0.2, 0.25) is 15.9 Å². The molecule has 3 aromatic rings. The van der Waals surface area contributed by atoms with Gasteiger partial charge in [0.1, 0.15) is 0 Å². The van der Waals surface area contributed by atoms with Gasteiger partial charge in [-0.3, -0.25) is 4.79 Å². The van der Waals surface area contributed by atoms with Gasteiger partial charge < -0.3 is 5.32 Å². The Hall–Kier alpha value is -2.09. The van der Waals surface area contributed by atoms with Crippen molar-refractivity contribution in [2.45, 2.75) is 32.2 Å². The number of halogens is 3. The third kappa shape index (κ3) is 6.28. The molecule has 0 radical (unpaired) electrons. The molecule has 1 amide bonds. The molecule has 0 aromatic heterocycles. The van der Waals surface area contributed by atoms with Crippen LogP contribution in [-0.4, -0.2) is 25.2 Å². The number of rotatable bonds is 7. The van der Waals surface area contributed by atoms with Gasteiger partial charge in [-0.1, -0.05) is 58.6 Å². The Morgan fingerprint density at radius 1 is 0.879 bits per heavy atom. The second-order valence-electron chi connectivity index (χ2n) is 7.80. The molecule has 0 spiro atoms. The molecule has 0 atom stereocenters. The lowest BCUT2D eigenvalue weighted by Gasteiger charge is -2.23. The molecular weight excluding hydrogens is 503 g/mol. The summed E-state index contributed by atoms with van der Waals surface area (Å²) >= 11 is 18.0. The second kappa shape index (κ2) is 10.5. The van der Waals surface area contributed by atoms with E-state index in [9.17, 15) is 13.2 Å². The van der Waals surface area contributed by atoms with Crippen LogP contribution in [0.1, 0.15) is 22.3 Å².